The number of nitrogens with one attached hydrogen (secondary N) is 1. The van der Waals surface area contributed by atoms with E-state index in [9.17, 15) is 0 Å². The predicted molar refractivity (Wildman–Crippen MR) is 105 cm³/mol. The van der Waals surface area contributed by atoms with E-state index in [1.165, 1.54) is 11.1 Å². The molecule has 0 unspecified atom stereocenters. The highest BCUT2D eigenvalue weighted by Crippen LogP contribution is 2.26. The van der Waals surface area contributed by atoms with E-state index in [1.54, 1.807) is 0 Å². The van der Waals surface area contributed by atoms with E-state index in [-0.39, 0.29) is 0 Å². The zero-order valence-electron chi connectivity index (χ0n) is 15.2. The Morgan fingerprint density at radius 3 is 2.80 bits per heavy atom. The van der Waals surface area contributed by atoms with Gasteiger partial charge >= 0.3 is 0 Å². The number of benzene rings is 1. The second-order valence-corrected chi connectivity index (χ2v) is 7.15. The largest absolute Gasteiger partial charge is 0.353 e. The van der Waals surface area contributed by atoms with E-state index in [4.69, 9.17) is 16.6 Å². The zero-order valence-corrected chi connectivity index (χ0v) is 16.0. The molecule has 0 radical (unpaired) electrons. The van der Waals surface area contributed by atoms with Crippen molar-refractivity contribution in [1.29, 1.82) is 0 Å². The fourth-order valence-electron chi connectivity index (χ4n) is 3.01. The van der Waals surface area contributed by atoms with Crippen molar-refractivity contribution in [2.24, 2.45) is 0 Å². The second kappa shape index (κ2) is 8.02. The molecule has 1 aliphatic rings. The first-order valence-corrected chi connectivity index (χ1v) is 9.21. The smallest absolute Gasteiger partial charge is 0.224 e. The Kier molecular flexibility index (Phi) is 5.76. The Hall–Kier alpha value is -1.85. The molecule has 3 rings (SSSR count). The molecule has 6 heteroatoms. The number of anilines is 2. The summed E-state index contributed by atoms with van der Waals surface area (Å²) in [6.07, 6.45) is 1.89. The van der Waals surface area contributed by atoms with Crippen LogP contribution in [0.25, 0.3) is 0 Å². The third-order valence-corrected chi connectivity index (χ3v) is 4.71. The van der Waals surface area contributed by atoms with E-state index in [2.05, 4.69) is 59.3 Å². The van der Waals surface area contributed by atoms with Crippen molar-refractivity contribution in [1.82, 2.24) is 14.9 Å². The standard InChI is InChI=1S/C19H26ClN5/c1-4-17-12-18(23-19(22-17)21-8-10-24(2)3)25-9-7-14-11-16(20)6-5-15(14)13-25/h5-6,11-12H,4,7-10,13H2,1-3H3,(H,21,22,23). The van der Waals surface area contributed by atoms with Crippen LogP contribution in [-0.2, 0) is 19.4 Å². The Labute approximate surface area is 155 Å². The van der Waals surface area contributed by atoms with Gasteiger partial charge in [0, 0.05) is 43.0 Å². The van der Waals surface area contributed by atoms with Crippen LogP contribution in [0.2, 0.25) is 5.02 Å². The highest BCUT2D eigenvalue weighted by molar-refractivity contribution is 6.30. The summed E-state index contributed by atoms with van der Waals surface area (Å²) in [5, 5.41) is 4.16. The molecule has 1 N–H and O–H groups in total. The molecule has 0 amide bonds. The summed E-state index contributed by atoms with van der Waals surface area (Å²) >= 11 is 6.12. The summed E-state index contributed by atoms with van der Waals surface area (Å²) in [4.78, 5) is 13.8. The van der Waals surface area contributed by atoms with Gasteiger partial charge in [0.05, 0.1) is 0 Å². The van der Waals surface area contributed by atoms with Crippen molar-refractivity contribution in [3.8, 4) is 0 Å². The minimum absolute atomic E-state index is 0.720. The topological polar surface area (TPSA) is 44.3 Å². The zero-order chi connectivity index (χ0) is 17.8. The van der Waals surface area contributed by atoms with Gasteiger partial charge in [-0.15, -0.1) is 0 Å². The van der Waals surface area contributed by atoms with Crippen molar-refractivity contribution < 1.29 is 0 Å². The molecule has 0 aliphatic carbocycles. The Bertz CT molecular complexity index is 732. The molecule has 25 heavy (non-hydrogen) atoms. The van der Waals surface area contributed by atoms with Gasteiger partial charge in [-0.2, -0.15) is 4.98 Å². The van der Waals surface area contributed by atoms with Crippen LogP contribution in [0, 0.1) is 0 Å². The fraction of sp³-hybridized carbons (Fsp3) is 0.474. The van der Waals surface area contributed by atoms with E-state index in [0.29, 0.717) is 0 Å². The minimum Gasteiger partial charge on any atom is -0.353 e. The van der Waals surface area contributed by atoms with E-state index in [0.717, 1.165) is 61.5 Å². The van der Waals surface area contributed by atoms with Gasteiger partial charge in [0.25, 0.3) is 0 Å². The van der Waals surface area contributed by atoms with Gasteiger partial charge in [0.2, 0.25) is 5.95 Å². The quantitative estimate of drug-likeness (QED) is 0.857. The van der Waals surface area contributed by atoms with Crippen molar-refractivity contribution >= 4 is 23.4 Å². The highest BCUT2D eigenvalue weighted by Gasteiger charge is 2.19. The number of halogens is 1. The third-order valence-electron chi connectivity index (χ3n) is 4.47. The summed E-state index contributed by atoms with van der Waals surface area (Å²) in [6, 6.07) is 8.29. The van der Waals surface area contributed by atoms with Crippen LogP contribution >= 0.6 is 11.6 Å². The molecule has 0 spiro atoms. The maximum Gasteiger partial charge on any atom is 0.224 e. The molecule has 2 aromatic rings. The van der Waals surface area contributed by atoms with Crippen LogP contribution in [0.5, 0.6) is 0 Å². The first-order chi connectivity index (χ1) is 12.0. The normalized spacial score (nSPS) is 13.9. The van der Waals surface area contributed by atoms with Gasteiger partial charge in [-0.3, -0.25) is 0 Å². The molecular weight excluding hydrogens is 334 g/mol. The van der Waals surface area contributed by atoms with E-state index >= 15 is 0 Å². The lowest BCUT2D eigenvalue weighted by Gasteiger charge is -2.30. The van der Waals surface area contributed by atoms with Gasteiger partial charge in [-0.1, -0.05) is 24.6 Å². The summed E-state index contributed by atoms with van der Waals surface area (Å²) in [5.74, 6) is 1.72. The molecule has 0 bridgehead atoms. The van der Waals surface area contributed by atoms with Crippen molar-refractivity contribution in [2.45, 2.75) is 26.3 Å². The number of hydrogen-bond acceptors (Lipinski definition) is 5. The van der Waals surface area contributed by atoms with Crippen LogP contribution in [-0.4, -0.2) is 48.6 Å². The fourth-order valence-corrected chi connectivity index (χ4v) is 3.21. The lowest BCUT2D eigenvalue weighted by atomic mass is 10.00. The number of fused-ring (bicyclic) bond motifs is 1. The Morgan fingerprint density at radius 1 is 1.20 bits per heavy atom. The van der Waals surface area contributed by atoms with Crippen molar-refractivity contribution in [2.75, 3.05) is 43.9 Å². The van der Waals surface area contributed by atoms with Crippen LogP contribution in [0.4, 0.5) is 11.8 Å². The lowest BCUT2D eigenvalue weighted by molar-refractivity contribution is 0.425. The first-order valence-electron chi connectivity index (χ1n) is 8.84. The number of rotatable bonds is 6. The van der Waals surface area contributed by atoms with Gasteiger partial charge in [-0.05, 0) is 50.2 Å². The monoisotopic (exact) mass is 359 g/mol. The number of aromatic nitrogens is 2. The molecule has 0 atom stereocenters. The van der Waals surface area contributed by atoms with Crippen LogP contribution in [0.1, 0.15) is 23.7 Å². The maximum absolute atomic E-state index is 6.12. The molecule has 1 aromatic carbocycles. The van der Waals surface area contributed by atoms with E-state index in [1.807, 2.05) is 6.07 Å². The first kappa shape index (κ1) is 18.0. The third kappa shape index (κ3) is 4.61. The summed E-state index contributed by atoms with van der Waals surface area (Å²) in [6.45, 7) is 5.73. The molecule has 0 saturated heterocycles. The van der Waals surface area contributed by atoms with Crippen LogP contribution in [0.3, 0.4) is 0 Å². The average Bonchev–Trinajstić information content (AvgIpc) is 2.60. The van der Waals surface area contributed by atoms with Crippen LogP contribution < -0.4 is 10.2 Å². The summed E-state index contributed by atoms with van der Waals surface area (Å²) in [7, 11) is 4.13. The second-order valence-electron chi connectivity index (χ2n) is 6.71. The SMILES string of the molecule is CCc1cc(N2CCc3cc(Cl)ccc3C2)nc(NCCN(C)C)n1. The predicted octanol–water partition coefficient (Wildman–Crippen LogP) is 3.23. The number of aryl methyl sites for hydroxylation is 1. The number of nitrogens with zero attached hydrogens (tertiary/aromatic N) is 4. The van der Waals surface area contributed by atoms with Gasteiger partial charge in [0.15, 0.2) is 0 Å². The summed E-state index contributed by atoms with van der Waals surface area (Å²) < 4.78 is 0. The maximum atomic E-state index is 6.12. The molecule has 2 heterocycles. The van der Waals surface area contributed by atoms with Gasteiger partial charge < -0.3 is 15.1 Å². The average molecular weight is 360 g/mol. The molecule has 1 aromatic heterocycles. The lowest BCUT2D eigenvalue weighted by Crippen LogP contribution is -2.31. The van der Waals surface area contributed by atoms with Crippen molar-refractivity contribution in [3.05, 3.63) is 46.1 Å². The summed E-state index contributed by atoms with van der Waals surface area (Å²) in [5.41, 5.74) is 3.74. The molecule has 1 aliphatic heterocycles. The molecule has 5 nitrogen and oxygen atoms in total. The minimum atomic E-state index is 0.720. The molecule has 134 valence electrons. The van der Waals surface area contributed by atoms with Crippen LogP contribution in [0.15, 0.2) is 24.3 Å². The Balaban J connectivity index is 1.78. The Morgan fingerprint density at radius 2 is 2.04 bits per heavy atom. The number of hydrogen-bond donors (Lipinski definition) is 1. The molecule has 0 fully saturated rings. The van der Waals surface area contributed by atoms with Crippen molar-refractivity contribution in [3.63, 3.8) is 0 Å². The van der Waals surface area contributed by atoms with E-state index < -0.39 is 0 Å². The van der Waals surface area contributed by atoms with Gasteiger partial charge in [-0.25, -0.2) is 4.98 Å². The molecule has 0 saturated carbocycles. The molecular formula is C19H26ClN5. The highest BCUT2D eigenvalue weighted by atomic mass is 35.5. The van der Waals surface area contributed by atoms with Gasteiger partial charge in [0.1, 0.15) is 5.82 Å². The number of likely N-dealkylation sites (N-methyl/N-ethyl adjacent to an activating group) is 1.